The van der Waals surface area contributed by atoms with Crippen LogP contribution in [0.3, 0.4) is 0 Å². The van der Waals surface area contributed by atoms with Crippen LogP contribution in [0, 0.1) is 6.08 Å². The van der Waals surface area contributed by atoms with Gasteiger partial charge in [-0.15, -0.1) is 0 Å². The molecule has 6 nitrogen and oxygen atoms in total. The number of halogens is 1. The molecule has 0 atom stereocenters. The fraction of sp³-hybridized carbons (Fsp3) is 0.217. The van der Waals surface area contributed by atoms with Crippen LogP contribution in [0.25, 0.3) is 0 Å². The second-order valence-electron chi connectivity index (χ2n) is 7.67. The van der Waals surface area contributed by atoms with E-state index in [1.54, 1.807) is 13.3 Å². The summed E-state index contributed by atoms with van der Waals surface area (Å²) >= 11 is 6.32. The highest BCUT2D eigenvalue weighted by Gasteiger charge is 2.19. The Kier molecular flexibility index (Phi) is 6.24. The maximum absolute atomic E-state index is 12.6. The molecule has 1 aliphatic carbocycles. The van der Waals surface area contributed by atoms with Gasteiger partial charge in [0.2, 0.25) is 11.6 Å². The zero-order chi connectivity index (χ0) is 21.8. The van der Waals surface area contributed by atoms with Crippen LogP contribution in [0.1, 0.15) is 6.42 Å². The third-order valence-corrected chi connectivity index (χ3v) is 6.77. The van der Waals surface area contributed by atoms with Crippen LogP contribution in [0.5, 0.6) is 0 Å². The number of anilines is 3. The van der Waals surface area contributed by atoms with Crippen LogP contribution in [0.2, 0.25) is 5.02 Å². The predicted octanol–water partition coefficient (Wildman–Crippen LogP) is 4.94. The Labute approximate surface area is 187 Å². The van der Waals surface area contributed by atoms with Crippen LogP contribution in [0.4, 0.5) is 17.5 Å². The van der Waals surface area contributed by atoms with Crippen LogP contribution in [-0.2, 0) is 4.57 Å². The number of benzene rings is 1. The van der Waals surface area contributed by atoms with Gasteiger partial charge in [0.05, 0.1) is 30.1 Å². The summed E-state index contributed by atoms with van der Waals surface area (Å²) in [5.74, 6) is 0.835. The van der Waals surface area contributed by atoms with Crippen LogP contribution in [-0.4, -0.2) is 41.3 Å². The van der Waals surface area contributed by atoms with E-state index < -0.39 is 7.14 Å². The Morgan fingerprint density at radius 3 is 2.71 bits per heavy atom. The Bertz CT molecular complexity index is 1150. The molecule has 1 aromatic heterocycles. The highest BCUT2D eigenvalue weighted by atomic mass is 35.5. The molecular weight excluding hydrogens is 429 g/mol. The summed E-state index contributed by atoms with van der Waals surface area (Å²) in [6, 6.07) is 7.47. The molecule has 0 amide bonds. The van der Waals surface area contributed by atoms with E-state index in [4.69, 9.17) is 11.6 Å². The van der Waals surface area contributed by atoms with E-state index in [0.717, 1.165) is 36.2 Å². The van der Waals surface area contributed by atoms with Gasteiger partial charge in [-0.05, 0) is 31.9 Å². The van der Waals surface area contributed by atoms with Gasteiger partial charge >= 0.3 is 0 Å². The highest BCUT2D eigenvalue weighted by molar-refractivity contribution is 7.70. The molecule has 0 saturated carbocycles. The number of nitrogens with one attached hydrogen (secondary N) is 2. The Morgan fingerprint density at radius 2 is 2.00 bits per heavy atom. The van der Waals surface area contributed by atoms with E-state index >= 15 is 0 Å². The van der Waals surface area contributed by atoms with Crippen molar-refractivity contribution in [3.63, 3.8) is 0 Å². The lowest BCUT2D eigenvalue weighted by molar-refractivity contribution is 0.386. The monoisotopic (exact) mass is 452 g/mol. The maximum Gasteiger partial charge on any atom is 0.231 e. The lowest BCUT2D eigenvalue weighted by atomic mass is 10.1. The molecule has 2 N–H and O–H groups in total. The van der Waals surface area contributed by atoms with E-state index in [2.05, 4.69) is 49.8 Å². The Hall–Kier alpha value is -2.91. The largest absolute Gasteiger partial charge is 0.338 e. The summed E-state index contributed by atoms with van der Waals surface area (Å²) in [5, 5.41) is 7.50. The van der Waals surface area contributed by atoms with Gasteiger partial charge in [-0.2, -0.15) is 4.98 Å². The Balaban J connectivity index is 1.51. The molecule has 31 heavy (non-hydrogen) atoms. The number of hydrogen-bond acceptors (Lipinski definition) is 6. The molecule has 0 spiro atoms. The molecule has 0 saturated heterocycles. The van der Waals surface area contributed by atoms with E-state index in [1.807, 2.05) is 36.4 Å². The minimum atomic E-state index is -2.47. The second-order valence-corrected chi connectivity index (χ2v) is 11.3. The average Bonchev–Trinajstić information content (AvgIpc) is 2.77. The van der Waals surface area contributed by atoms with Crippen LogP contribution in [0.15, 0.2) is 72.2 Å². The summed E-state index contributed by atoms with van der Waals surface area (Å²) in [4.78, 5) is 11.1. The minimum Gasteiger partial charge on any atom is -0.338 e. The van der Waals surface area contributed by atoms with E-state index in [9.17, 15) is 4.57 Å². The Morgan fingerprint density at radius 1 is 1.16 bits per heavy atom. The topological polar surface area (TPSA) is 70.2 Å². The minimum absolute atomic E-state index is 0.375. The van der Waals surface area contributed by atoms with Gasteiger partial charge in [0.1, 0.15) is 23.9 Å². The van der Waals surface area contributed by atoms with Gasteiger partial charge in [-0.1, -0.05) is 35.9 Å². The zero-order valence-electron chi connectivity index (χ0n) is 17.5. The number of para-hydroxylation sites is 1. The molecule has 0 bridgehead atoms. The van der Waals surface area contributed by atoms with Crippen molar-refractivity contribution in [1.29, 1.82) is 0 Å². The maximum atomic E-state index is 12.6. The fourth-order valence-electron chi connectivity index (χ4n) is 3.38. The van der Waals surface area contributed by atoms with Gasteiger partial charge in [0.15, 0.2) is 5.82 Å². The van der Waals surface area contributed by atoms with E-state index in [1.165, 1.54) is 6.20 Å². The number of rotatable bonds is 6. The van der Waals surface area contributed by atoms with Gasteiger partial charge in [0, 0.05) is 18.4 Å². The van der Waals surface area contributed by atoms with Crippen LogP contribution >= 0.6 is 18.7 Å². The first kappa shape index (κ1) is 21.3. The summed E-state index contributed by atoms with van der Waals surface area (Å²) in [7, 11) is -2.47. The summed E-state index contributed by atoms with van der Waals surface area (Å²) in [6.45, 7) is 5.40. The van der Waals surface area contributed by atoms with Gasteiger partial charge < -0.3 is 14.8 Å². The molecule has 158 valence electrons. The average molecular weight is 453 g/mol. The van der Waals surface area contributed by atoms with Crippen molar-refractivity contribution in [2.24, 2.45) is 0 Å². The first-order chi connectivity index (χ1) is 14.9. The molecule has 0 fully saturated rings. The van der Waals surface area contributed by atoms with E-state index in [-0.39, 0.29) is 0 Å². The van der Waals surface area contributed by atoms with Crippen molar-refractivity contribution < 1.29 is 4.57 Å². The van der Waals surface area contributed by atoms with Crippen molar-refractivity contribution in [1.82, 2.24) is 14.9 Å². The lowest BCUT2D eigenvalue weighted by Crippen LogP contribution is -2.26. The SMILES string of the molecule is CP(C)(=O)c1ccccc1Nc1nc(NC2=[C+]C=C(N3CC=CCC3)C=C2)ncc1Cl. The number of nitrogens with zero attached hydrogens (tertiary/aromatic N) is 3. The van der Waals surface area contributed by atoms with Gasteiger partial charge in [0.25, 0.3) is 0 Å². The van der Waals surface area contributed by atoms with Crippen LogP contribution < -0.4 is 15.9 Å². The first-order valence-electron chi connectivity index (χ1n) is 10.0. The molecular formula is C23H24ClN5OP+. The van der Waals surface area contributed by atoms with Gasteiger partial charge in [-0.25, -0.2) is 4.98 Å². The molecule has 0 radical (unpaired) electrons. The number of allylic oxidation sites excluding steroid dienone is 4. The third kappa shape index (κ3) is 5.23. The van der Waals surface area contributed by atoms with Crippen molar-refractivity contribution in [3.05, 3.63) is 83.3 Å². The normalized spacial score (nSPS) is 15.8. The van der Waals surface area contributed by atoms with Crippen molar-refractivity contribution >= 4 is 41.5 Å². The molecule has 4 rings (SSSR count). The fourth-order valence-corrected chi connectivity index (χ4v) is 4.67. The molecule has 2 aromatic rings. The standard InChI is InChI=1S/C23H24ClN5OP/c1-31(2,30)21-9-5-4-8-20(21)27-22-19(24)16-25-23(28-22)26-17-10-12-18(13-11-17)29-14-6-3-7-15-29/h3-6,8-10,12-13,16H,7,14-15H2,1-2H3,(H2,25,26,27,28)/q+1. The first-order valence-corrected chi connectivity index (χ1v) is 13.0. The highest BCUT2D eigenvalue weighted by Crippen LogP contribution is 2.38. The molecule has 2 heterocycles. The number of aromatic nitrogens is 2. The molecule has 0 unspecified atom stereocenters. The van der Waals surface area contributed by atoms with Crippen molar-refractivity contribution in [3.8, 4) is 0 Å². The summed E-state index contributed by atoms with van der Waals surface area (Å²) < 4.78 is 12.6. The summed E-state index contributed by atoms with van der Waals surface area (Å²) in [6.07, 6.45) is 16.2. The third-order valence-electron chi connectivity index (χ3n) is 4.95. The van der Waals surface area contributed by atoms with E-state index in [0.29, 0.717) is 22.5 Å². The zero-order valence-corrected chi connectivity index (χ0v) is 19.1. The molecule has 1 aromatic carbocycles. The second kappa shape index (κ2) is 9.07. The number of hydrogen-bond donors (Lipinski definition) is 2. The van der Waals surface area contributed by atoms with Gasteiger partial charge in [-0.3, -0.25) is 5.32 Å². The summed E-state index contributed by atoms with van der Waals surface area (Å²) in [5.41, 5.74) is 2.61. The van der Waals surface area contributed by atoms with Crippen molar-refractivity contribution in [2.45, 2.75) is 6.42 Å². The lowest BCUT2D eigenvalue weighted by Gasteiger charge is -2.22. The predicted molar refractivity (Wildman–Crippen MR) is 129 cm³/mol. The quantitative estimate of drug-likeness (QED) is 0.367. The molecule has 8 heteroatoms. The molecule has 1 aliphatic heterocycles. The molecule has 2 aliphatic rings. The van der Waals surface area contributed by atoms with Crippen molar-refractivity contribution in [2.75, 3.05) is 37.1 Å². The smallest absolute Gasteiger partial charge is 0.231 e.